The fourth-order valence-electron chi connectivity index (χ4n) is 2.36. The van der Waals surface area contributed by atoms with Crippen LogP contribution in [0.5, 0.6) is 5.75 Å². The molecule has 0 aromatic heterocycles. The quantitative estimate of drug-likeness (QED) is 0.588. The minimum Gasteiger partial charge on any atom is -0.481 e. The molecule has 0 unspecified atom stereocenters. The standard InChI is InChI=1S/C19H22N2O4/c1-14(8-9-16-6-4-3-5-7-16)20-19(22)15(2)25-18-12-10-17(11-13-18)21(23)24/h3-7,10-15H,8-9H2,1-2H3,(H,20,22)/t14-,15+/m0/s1. The molecule has 0 spiro atoms. The number of amides is 1. The number of carbonyl (C=O) groups is 1. The molecule has 0 saturated carbocycles. The third-order valence-electron chi connectivity index (χ3n) is 3.83. The third-order valence-corrected chi connectivity index (χ3v) is 3.83. The van der Waals surface area contributed by atoms with Crippen LogP contribution >= 0.6 is 0 Å². The molecule has 2 aromatic rings. The lowest BCUT2D eigenvalue weighted by Gasteiger charge is -2.18. The molecular weight excluding hydrogens is 320 g/mol. The molecule has 1 amide bonds. The number of nitrogens with one attached hydrogen (secondary N) is 1. The maximum Gasteiger partial charge on any atom is 0.269 e. The van der Waals surface area contributed by atoms with Crippen LogP contribution in [0.15, 0.2) is 54.6 Å². The van der Waals surface area contributed by atoms with Gasteiger partial charge in [0.05, 0.1) is 4.92 Å². The first-order valence-electron chi connectivity index (χ1n) is 8.21. The summed E-state index contributed by atoms with van der Waals surface area (Å²) in [6.45, 7) is 3.61. The van der Waals surface area contributed by atoms with Gasteiger partial charge < -0.3 is 10.1 Å². The predicted octanol–water partition coefficient (Wildman–Crippen LogP) is 3.50. The maximum absolute atomic E-state index is 12.2. The van der Waals surface area contributed by atoms with Crippen LogP contribution in [0.4, 0.5) is 5.69 Å². The molecule has 2 rings (SSSR count). The zero-order valence-electron chi connectivity index (χ0n) is 14.3. The highest BCUT2D eigenvalue weighted by atomic mass is 16.6. The summed E-state index contributed by atoms with van der Waals surface area (Å²) in [6.07, 6.45) is 1.04. The molecule has 0 aliphatic rings. The molecule has 132 valence electrons. The average Bonchev–Trinajstić information content (AvgIpc) is 2.61. The summed E-state index contributed by atoms with van der Waals surface area (Å²) in [5.74, 6) is 0.212. The van der Waals surface area contributed by atoms with Gasteiger partial charge in [-0.05, 0) is 44.4 Å². The summed E-state index contributed by atoms with van der Waals surface area (Å²) < 4.78 is 5.54. The second kappa shape index (κ2) is 8.82. The smallest absolute Gasteiger partial charge is 0.269 e. The minimum absolute atomic E-state index is 0.0148. The van der Waals surface area contributed by atoms with Crippen LogP contribution in [0.2, 0.25) is 0 Å². The Bertz CT molecular complexity index is 701. The van der Waals surface area contributed by atoms with E-state index in [2.05, 4.69) is 17.4 Å². The Balaban J connectivity index is 1.79. The lowest BCUT2D eigenvalue weighted by atomic mass is 10.1. The summed E-state index contributed by atoms with van der Waals surface area (Å²) >= 11 is 0. The predicted molar refractivity (Wildman–Crippen MR) is 95.6 cm³/mol. The van der Waals surface area contributed by atoms with Gasteiger partial charge in [0, 0.05) is 18.2 Å². The van der Waals surface area contributed by atoms with Gasteiger partial charge in [-0.15, -0.1) is 0 Å². The van der Waals surface area contributed by atoms with Crippen molar-refractivity contribution in [1.82, 2.24) is 5.32 Å². The van der Waals surface area contributed by atoms with Crippen LogP contribution < -0.4 is 10.1 Å². The molecule has 2 aromatic carbocycles. The molecule has 2 atom stereocenters. The van der Waals surface area contributed by atoms with E-state index < -0.39 is 11.0 Å². The number of nitrogens with zero attached hydrogens (tertiary/aromatic N) is 1. The van der Waals surface area contributed by atoms with Crippen LogP contribution in [0.3, 0.4) is 0 Å². The molecule has 6 heteroatoms. The highest BCUT2D eigenvalue weighted by Crippen LogP contribution is 2.18. The van der Waals surface area contributed by atoms with Crippen molar-refractivity contribution in [3.05, 3.63) is 70.3 Å². The molecule has 6 nitrogen and oxygen atoms in total. The highest BCUT2D eigenvalue weighted by molar-refractivity contribution is 5.80. The van der Waals surface area contributed by atoms with E-state index in [-0.39, 0.29) is 17.6 Å². The van der Waals surface area contributed by atoms with Crippen molar-refractivity contribution in [2.45, 2.75) is 38.8 Å². The largest absolute Gasteiger partial charge is 0.481 e. The van der Waals surface area contributed by atoms with Gasteiger partial charge in [0.15, 0.2) is 6.10 Å². The molecule has 0 aliphatic carbocycles. The molecule has 25 heavy (non-hydrogen) atoms. The van der Waals surface area contributed by atoms with Crippen LogP contribution in [0, 0.1) is 10.1 Å². The van der Waals surface area contributed by atoms with E-state index in [4.69, 9.17) is 4.74 Å². The zero-order valence-corrected chi connectivity index (χ0v) is 14.3. The van der Waals surface area contributed by atoms with Gasteiger partial charge in [-0.1, -0.05) is 30.3 Å². The summed E-state index contributed by atoms with van der Waals surface area (Å²) in [5, 5.41) is 13.6. The van der Waals surface area contributed by atoms with E-state index in [1.807, 2.05) is 25.1 Å². The topological polar surface area (TPSA) is 81.5 Å². The zero-order chi connectivity index (χ0) is 18.2. The summed E-state index contributed by atoms with van der Waals surface area (Å²) in [5.41, 5.74) is 1.22. The molecule has 0 heterocycles. The number of aryl methyl sites for hydroxylation is 1. The summed E-state index contributed by atoms with van der Waals surface area (Å²) in [4.78, 5) is 22.4. The van der Waals surface area contributed by atoms with Crippen molar-refractivity contribution < 1.29 is 14.5 Å². The summed E-state index contributed by atoms with van der Waals surface area (Å²) in [7, 11) is 0. The van der Waals surface area contributed by atoms with Crippen molar-refractivity contribution in [2.75, 3.05) is 0 Å². The van der Waals surface area contributed by atoms with E-state index in [9.17, 15) is 14.9 Å². The van der Waals surface area contributed by atoms with E-state index in [1.54, 1.807) is 6.92 Å². The fraction of sp³-hybridized carbons (Fsp3) is 0.316. The van der Waals surface area contributed by atoms with Crippen molar-refractivity contribution >= 4 is 11.6 Å². The van der Waals surface area contributed by atoms with Crippen molar-refractivity contribution in [3.8, 4) is 5.75 Å². The number of hydrogen-bond acceptors (Lipinski definition) is 4. The first-order valence-corrected chi connectivity index (χ1v) is 8.21. The maximum atomic E-state index is 12.2. The van der Waals surface area contributed by atoms with Gasteiger partial charge in [-0.2, -0.15) is 0 Å². The van der Waals surface area contributed by atoms with Crippen molar-refractivity contribution in [2.24, 2.45) is 0 Å². The number of non-ortho nitro benzene ring substituents is 1. The van der Waals surface area contributed by atoms with Gasteiger partial charge in [-0.3, -0.25) is 14.9 Å². The Hall–Kier alpha value is -2.89. The van der Waals surface area contributed by atoms with Gasteiger partial charge in [0.1, 0.15) is 5.75 Å². The van der Waals surface area contributed by atoms with Crippen molar-refractivity contribution in [3.63, 3.8) is 0 Å². The Morgan fingerprint density at radius 3 is 2.36 bits per heavy atom. The second-order valence-corrected chi connectivity index (χ2v) is 5.95. The summed E-state index contributed by atoms with van der Waals surface area (Å²) in [6, 6.07) is 15.8. The van der Waals surface area contributed by atoms with Crippen LogP contribution in [0.1, 0.15) is 25.8 Å². The molecule has 0 saturated heterocycles. The Kier molecular flexibility index (Phi) is 6.51. The fourth-order valence-corrected chi connectivity index (χ4v) is 2.36. The molecular formula is C19H22N2O4. The van der Waals surface area contributed by atoms with Gasteiger partial charge in [0.25, 0.3) is 11.6 Å². The van der Waals surface area contributed by atoms with Crippen LogP contribution in [-0.4, -0.2) is 23.0 Å². The number of ether oxygens (including phenoxy) is 1. The number of nitro groups is 1. The monoisotopic (exact) mass is 342 g/mol. The molecule has 0 fully saturated rings. The Morgan fingerprint density at radius 2 is 1.76 bits per heavy atom. The van der Waals surface area contributed by atoms with E-state index in [1.165, 1.54) is 29.8 Å². The van der Waals surface area contributed by atoms with Gasteiger partial charge in [-0.25, -0.2) is 0 Å². The Morgan fingerprint density at radius 1 is 1.12 bits per heavy atom. The van der Waals surface area contributed by atoms with E-state index in [0.717, 1.165) is 12.8 Å². The number of nitro benzene ring substituents is 1. The molecule has 0 radical (unpaired) electrons. The van der Waals surface area contributed by atoms with Gasteiger partial charge >= 0.3 is 0 Å². The minimum atomic E-state index is -0.680. The lowest BCUT2D eigenvalue weighted by molar-refractivity contribution is -0.384. The number of rotatable bonds is 8. The number of hydrogen-bond donors (Lipinski definition) is 1. The molecule has 1 N–H and O–H groups in total. The van der Waals surface area contributed by atoms with Gasteiger partial charge in [0.2, 0.25) is 0 Å². The van der Waals surface area contributed by atoms with Crippen LogP contribution in [0.25, 0.3) is 0 Å². The Labute approximate surface area is 147 Å². The first-order chi connectivity index (χ1) is 12.0. The third kappa shape index (κ3) is 5.91. The number of benzene rings is 2. The number of carbonyl (C=O) groups excluding carboxylic acids is 1. The van der Waals surface area contributed by atoms with E-state index in [0.29, 0.717) is 5.75 Å². The molecule has 0 bridgehead atoms. The SMILES string of the molecule is C[C@@H](CCc1ccccc1)NC(=O)[C@@H](C)Oc1ccc([N+](=O)[O-])cc1. The molecule has 0 aliphatic heterocycles. The van der Waals surface area contributed by atoms with Crippen LogP contribution in [-0.2, 0) is 11.2 Å². The normalized spacial score (nSPS) is 12.9. The lowest BCUT2D eigenvalue weighted by Crippen LogP contribution is -2.41. The average molecular weight is 342 g/mol. The second-order valence-electron chi connectivity index (χ2n) is 5.95. The highest BCUT2D eigenvalue weighted by Gasteiger charge is 2.17. The van der Waals surface area contributed by atoms with Crippen molar-refractivity contribution in [1.29, 1.82) is 0 Å². The first kappa shape index (κ1) is 18.4. The van der Waals surface area contributed by atoms with E-state index >= 15 is 0 Å².